The number of imide groups is 4. The Labute approximate surface area is 459 Å². The highest BCUT2D eigenvalue weighted by molar-refractivity contribution is 6.43. The highest BCUT2D eigenvalue weighted by Crippen LogP contribution is 2.49. The summed E-state index contributed by atoms with van der Waals surface area (Å²) in [5.74, 6) is 9.63. The molecule has 0 aromatic heterocycles. The number of carbonyl (C=O) groups excluding carboxylic acids is 8. The fourth-order valence-corrected chi connectivity index (χ4v) is 12.1. The summed E-state index contributed by atoms with van der Waals surface area (Å²) in [5, 5.41) is 4.37. The highest BCUT2D eigenvalue weighted by Gasteiger charge is 2.40. The highest BCUT2D eigenvalue weighted by atomic mass is 16.2. The fourth-order valence-electron chi connectivity index (χ4n) is 12.1. The van der Waals surface area contributed by atoms with Crippen LogP contribution in [-0.2, 0) is 0 Å². The first-order valence-electron chi connectivity index (χ1n) is 27.2. The molecule has 0 N–H and O–H groups in total. The van der Waals surface area contributed by atoms with Crippen LogP contribution < -0.4 is 9.80 Å². The van der Waals surface area contributed by atoms with Gasteiger partial charge in [0.25, 0.3) is 47.3 Å². The Bertz CT molecular complexity index is 4140. The van der Waals surface area contributed by atoms with E-state index in [2.05, 4.69) is 37.5 Å². The van der Waals surface area contributed by atoms with Gasteiger partial charge in [0.15, 0.2) is 0 Å². The lowest BCUT2D eigenvalue weighted by Gasteiger charge is -2.31. The van der Waals surface area contributed by atoms with E-state index in [9.17, 15) is 38.4 Å². The lowest BCUT2D eigenvalue weighted by molar-refractivity contribution is 0.0592. The molecule has 0 radical (unpaired) electrons. The first-order valence-corrected chi connectivity index (χ1v) is 27.2. The minimum atomic E-state index is -0.482. The lowest BCUT2D eigenvalue weighted by atomic mass is 9.79. The fraction of sp³-hybridized carbons (Fsp3) is 0.176. The van der Waals surface area contributed by atoms with E-state index in [4.69, 9.17) is 0 Å². The van der Waals surface area contributed by atoms with Gasteiger partial charge in [0.2, 0.25) is 0 Å². The Morgan fingerprint density at radius 3 is 1.09 bits per heavy atom. The molecule has 0 atom stereocenters. The second-order valence-electron chi connectivity index (χ2n) is 20.7. The third kappa shape index (κ3) is 7.62. The van der Waals surface area contributed by atoms with Crippen molar-refractivity contribution in [1.29, 1.82) is 0 Å². The normalized spacial score (nSPS) is 14.5. The van der Waals surface area contributed by atoms with Crippen LogP contribution in [0, 0.1) is 23.7 Å². The predicted octanol–water partition coefficient (Wildman–Crippen LogP) is 12.5. The monoisotopic (exact) mass is 1050 g/mol. The number of para-hydroxylation sites is 2. The number of nitrogens with zero attached hydrogens (tertiary/aromatic N) is 4. The summed E-state index contributed by atoms with van der Waals surface area (Å²) in [4.78, 5) is 119. The molecule has 12 heteroatoms. The summed E-state index contributed by atoms with van der Waals surface area (Å²) in [6, 6.07) is 37.7. The maximum atomic E-state index is 14.9. The molecule has 0 bridgehead atoms. The van der Waals surface area contributed by atoms with E-state index >= 15 is 0 Å². The number of rotatable bonds is 12. The Morgan fingerprint density at radius 2 is 0.688 bits per heavy atom. The first-order chi connectivity index (χ1) is 39.0. The van der Waals surface area contributed by atoms with Gasteiger partial charge in [-0.25, -0.2) is 9.80 Å². The predicted molar refractivity (Wildman–Crippen MR) is 307 cm³/mol. The molecule has 0 fully saturated rings. The van der Waals surface area contributed by atoms with Crippen LogP contribution >= 0.6 is 0 Å². The Hall–Kier alpha value is -10.0. The zero-order chi connectivity index (χ0) is 55.1. The molecule has 4 aliphatic heterocycles. The molecule has 8 amide bonds. The third-order valence-electron chi connectivity index (χ3n) is 16.0. The third-order valence-corrected chi connectivity index (χ3v) is 16.0. The molecule has 12 nitrogen and oxygen atoms in total. The number of hydrogen-bond donors (Lipinski definition) is 0. The minimum Gasteiger partial charge on any atom is -0.274 e. The van der Waals surface area contributed by atoms with Crippen LogP contribution in [0.5, 0.6) is 0 Å². The average molecular weight is 1050 g/mol. The molecular formula is C68H48N4O8. The maximum absolute atomic E-state index is 14.9. The molecular weight excluding hydrogens is 1000 g/mol. The average Bonchev–Trinajstić information content (AvgIpc) is 4.03. The van der Waals surface area contributed by atoms with Crippen molar-refractivity contribution < 1.29 is 38.4 Å². The number of fused-ring (bicyclic) bond motifs is 4. The summed E-state index contributed by atoms with van der Waals surface area (Å²) >= 11 is 0. The molecule has 388 valence electrons. The molecule has 4 aliphatic rings. The van der Waals surface area contributed by atoms with Gasteiger partial charge < -0.3 is 0 Å². The number of amides is 8. The number of benzene rings is 9. The van der Waals surface area contributed by atoms with Gasteiger partial charge in [-0.1, -0.05) is 125 Å². The molecule has 80 heavy (non-hydrogen) atoms. The van der Waals surface area contributed by atoms with Gasteiger partial charge in [-0.15, -0.1) is 0 Å². The number of unbranched alkanes of at least 4 members (excludes halogenated alkanes) is 6. The first kappa shape index (κ1) is 49.5. The van der Waals surface area contributed by atoms with Crippen molar-refractivity contribution in [3.05, 3.63) is 200 Å². The molecule has 4 heterocycles. The van der Waals surface area contributed by atoms with Crippen LogP contribution in [0.4, 0.5) is 11.4 Å². The standard InChI is InChI=1S/C68H48N4O8/c1-3-5-7-15-33-69-61(73)49-31-29-47-56-42(26-22-40-24-28-46-52(36-40)68(80)72(66(46)78)44-19-13-10-14-20-44)38-54-58-50(62(74)70(64(54)76)34-16-8-6-4-2)32-30-48(60(56)58)55-41(37-53(63(69)75)57(49)59(47)55)25-21-39-23-27-45-51(35-39)67(79)71(65(45)77)43-17-11-9-12-18-43/h9-14,17-20,23-24,27-32,35-38H,3-8,15-16,33-34H2,1-2H3. The number of carbonyl (C=O) groups is 8. The van der Waals surface area contributed by atoms with Crippen LogP contribution in [0.25, 0.3) is 43.1 Å². The van der Waals surface area contributed by atoms with E-state index in [1.165, 1.54) is 9.80 Å². The van der Waals surface area contributed by atoms with Crippen molar-refractivity contribution >= 4 is 102 Å². The quantitative estimate of drug-likeness (QED) is 0.0386. The molecule has 9 aromatic rings. The van der Waals surface area contributed by atoms with Crippen LogP contribution in [0.2, 0.25) is 0 Å². The van der Waals surface area contributed by atoms with E-state index in [0.29, 0.717) is 101 Å². The van der Waals surface area contributed by atoms with Gasteiger partial charge in [0, 0.05) is 89.9 Å². The lowest BCUT2D eigenvalue weighted by Crippen LogP contribution is -2.41. The van der Waals surface area contributed by atoms with Gasteiger partial charge in [-0.2, -0.15) is 0 Å². The molecule has 0 saturated carbocycles. The second-order valence-corrected chi connectivity index (χ2v) is 20.7. The van der Waals surface area contributed by atoms with E-state index in [1.54, 1.807) is 121 Å². The van der Waals surface area contributed by atoms with Crippen molar-refractivity contribution in [2.75, 3.05) is 22.9 Å². The number of anilines is 2. The molecule has 9 aromatic carbocycles. The van der Waals surface area contributed by atoms with E-state index in [0.717, 1.165) is 48.3 Å². The minimum absolute atomic E-state index is 0.199. The van der Waals surface area contributed by atoms with E-state index in [1.807, 2.05) is 12.1 Å². The number of hydrogen-bond acceptors (Lipinski definition) is 8. The summed E-state index contributed by atoms with van der Waals surface area (Å²) in [6.45, 7) is 4.64. The zero-order valence-corrected chi connectivity index (χ0v) is 43.8. The van der Waals surface area contributed by atoms with E-state index < -0.39 is 47.3 Å². The second kappa shape index (κ2) is 19.5. The van der Waals surface area contributed by atoms with Crippen LogP contribution in [0.1, 0.15) is 170 Å². The van der Waals surface area contributed by atoms with Crippen molar-refractivity contribution in [3.8, 4) is 23.7 Å². The van der Waals surface area contributed by atoms with Gasteiger partial charge in [0.1, 0.15) is 0 Å². The molecule has 0 aliphatic carbocycles. The van der Waals surface area contributed by atoms with Crippen LogP contribution in [-0.4, -0.2) is 70.1 Å². The summed E-state index contributed by atoms with van der Waals surface area (Å²) in [7, 11) is 0. The Kier molecular flexibility index (Phi) is 12.0. The van der Waals surface area contributed by atoms with Crippen molar-refractivity contribution in [3.63, 3.8) is 0 Å². The molecule has 0 spiro atoms. The Morgan fingerprint density at radius 1 is 0.312 bits per heavy atom. The van der Waals surface area contributed by atoms with Crippen molar-refractivity contribution in [2.45, 2.75) is 65.2 Å². The smallest absolute Gasteiger partial charge is 0.266 e. The summed E-state index contributed by atoms with van der Waals surface area (Å²) in [6.07, 6.45) is 6.78. The van der Waals surface area contributed by atoms with Gasteiger partial charge in [0.05, 0.1) is 33.6 Å². The molecule has 0 saturated heterocycles. The van der Waals surface area contributed by atoms with Gasteiger partial charge in [-0.3, -0.25) is 48.2 Å². The Balaban J connectivity index is 1.04. The van der Waals surface area contributed by atoms with Gasteiger partial charge >= 0.3 is 0 Å². The van der Waals surface area contributed by atoms with Crippen LogP contribution in [0.15, 0.2) is 133 Å². The molecule has 0 unspecified atom stereocenters. The van der Waals surface area contributed by atoms with E-state index in [-0.39, 0.29) is 46.5 Å². The summed E-state index contributed by atoms with van der Waals surface area (Å²) in [5.41, 5.74) is 4.71. The molecule has 13 rings (SSSR count). The van der Waals surface area contributed by atoms with Gasteiger partial charge in [-0.05, 0) is 109 Å². The van der Waals surface area contributed by atoms with Crippen molar-refractivity contribution in [2.24, 2.45) is 0 Å². The zero-order valence-electron chi connectivity index (χ0n) is 43.8. The largest absolute Gasteiger partial charge is 0.274 e. The SMILES string of the molecule is CCCCCCN1C(=O)c2ccc3c4c(C#Cc5ccc6c(c5)C(=O)N(c5ccccc5)C6=O)cc5c6c(ccc(c7c(C#Cc8ccc9c(c8)C(=O)N(c8ccccc8)C9=O)cc(c2c37)C1=O)c64)C(=O)N(CCCCCC)C5=O. The van der Waals surface area contributed by atoms with Crippen molar-refractivity contribution in [1.82, 2.24) is 9.80 Å². The maximum Gasteiger partial charge on any atom is 0.266 e. The topological polar surface area (TPSA) is 150 Å². The van der Waals surface area contributed by atoms with Crippen LogP contribution in [0.3, 0.4) is 0 Å². The summed E-state index contributed by atoms with van der Waals surface area (Å²) < 4.78 is 0.